The summed E-state index contributed by atoms with van der Waals surface area (Å²) in [6.07, 6.45) is 7.75. The van der Waals surface area contributed by atoms with Crippen LogP contribution in [-0.2, 0) is 9.84 Å². The Labute approximate surface area is 105 Å². The third-order valence-electron chi connectivity index (χ3n) is 4.72. The number of sulfone groups is 1. The van der Waals surface area contributed by atoms with E-state index < -0.39 is 9.84 Å². The first-order chi connectivity index (χ1) is 8.05. The minimum Gasteiger partial charge on any atom is -0.327 e. The highest BCUT2D eigenvalue weighted by Crippen LogP contribution is 2.35. The van der Waals surface area contributed by atoms with Crippen LogP contribution in [-0.4, -0.2) is 25.0 Å². The first-order valence-electron chi connectivity index (χ1n) is 7.04. The van der Waals surface area contributed by atoms with Crippen LogP contribution in [0, 0.1) is 5.92 Å². The molecule has 0 aromatic carbocycles. The molecule has 2 N–H and O–H groups in total. The average Bonchev–Trinajstić information content (AvgIpc) is 2.83. The monoisotopic (exact) mass is 259 g/mol. The number of hydrogen-bond acceptors (Lipinski definition) is 3. The van der Waals surface area contributed by atoms with Crippen molar-refractivity contribution in [2.75, 3.05) is 0 Å². The quantitative estimate of drug-likeness (QED) is 0.845. The van der Waals surface area contributed by atoms with Gasteiger partial charge in [-0.1, -0.05) is 26.2 Å². The summed E-state index contributed by atoms with van der Waals surface area (Å²) in [6.45, 7) is 2.15. The van der Waals surface area contributed by atoms with E-state index in [1.807, 2.05) is 0 Å². The summed E-state index contributed by atoms with van der Waals surface area (Å²) in [5.74, 6) is 0.566. The number of hydrogen-bond donors (Lipinski definition) is 1. The van der Waals surface area contributed by atoms with Gasteiger partial charge < -0.3 is 5.73 Å². The Balaban J connectivity index is 2.12. The van der Waals surface area contributed by atoms with Gasteiger partial charge in [0.05, 0.1) is 10.5 Å². The molecule has 17 heavy (non-hydrogen) atoms. The molecule has 0 heterocycles. The maximum absolute atomic E-state index is 12.6. The van der Waals surface area contributed by atoms with Crippen LogP contribution in [0.1, 0.15) is 58.3 Å². The van der Waals surface area contributed by atoms with Crippen LogP contribution in [0.3, 0.4) is 0 Å². The molecule has 0 spiro atoms. The van der Waals surface area contributed by atoms with Gasteiger partial charge in [-0.15, -0.1) is 0 Å². The molecule has 0 aromatic heterocycles. The first kappa shape index (κ1) is 13.3. The second kappa shape index (κ2) is 5.27. The highest BCUT2D eigenvalue weighted by molar-refractivity contribution is 7.92. The molecule has 0 saturated heterocycles. The fraction of sp³-hybridized carbons (Fsp3) is 1.00. The molecule has 0 aromatic rings. The molecule has 0 amide bonds. The summed E-state index contributed by atoms with van der Waals surface area (Å²) in [7, 11) is -2.98. The Bertz CT molecular complexity index is 346. The molecule has 0 radical (unpaired) electrons. The summed E-state index contributed by atoms with van der Waals surface area (Å²) in [4.78, 5) is 0. The van der Waals surface area contributed by atoms with Crippen LogP contribution in [0.2, 0.25) is 0 Å². The third-order valence-corrected chi connectivity index (χ3v) is 7.50. The molecule has 3 nitrogen and oxygen atoms in total. The molecule has 3 atom stereocenters. The summed E-state index contributed by atoms with van der Waals surface area (Å²) in [5, 5.41) is -0.349. The molecule has 0 aliphatic heterocycles. The topological polar surface area (TPSA) is 60.2 Å². The Morgan fingerprint density at radius 3 is 2.35 bits per heavy atom. The lowest BCUT2D eigenvalue weighted by Gasteiger charge is -2.34. The maximum Gasteiger partial charge on any atom is 0.157 e. The lowest BCUT2D eigenvalue weighted by Crippen LogP contribution is -2.47. The molecule has 2 aliphatic rings. The Morgan fingerprint density at radius 2 is 1.76 bits per heavy atom. The van der Waals surface area contributed by atoms with Gasteiger partial charge in [0.2, 0.25) is 0 Å². The van der Waals surface area contributed by atoms with Crippen LogP contribution >= 0.6 is 0 Å². The SMILES string of the molecule is CCC1CCC(N)C(S(=O)(=O)C2CCCC2)C1. The van der Waals surface area contributed by atoms with E-state index in [9.17, 15) is 8.42 Å². The van der Waals surface area contributed by atoms with E-state index in [0.29, 0.717) is 5.92 Å². The standard InChI is InChI=1S/C13H25NO2S/c1-2-10-7-8-12(14)13(9-10)17(15,16)11-5-3-4-6-11/h10-13H,2-9,14H2,1H3. The molecule has 0 bridgehead atoms. The van der Waals surface area contributed by atoms with Crippen molar-refractivity contribution in [3.05, 3.63) is 0 Å². The fourth-order valence-electron chi connectivity index (χ4n) is 3.45. The summed E-state index contributed by atoms with van der Waals surface area (Å²) in [5.41, 5.74) is 6.07. The molecular weight excluding hydrogens is 234 g/mol. The average molecular weight is 259 g/mol. The van der Waals surface area contributed by atoms with Gasteiger partial charge in [-0.2, -0.15) is 0 Å². The minimum atomic E-state index is -2.98. The Kier molecular flexibility index (Phi) is 4.14. The number of rotatable bonds is 3. The van der Waals surface area contributed by atoms with Gasteiger partial charge in [0.15, 0.2) is 9.84 Å². The van der Waals surface area contributed by atoms with Gasteiger partial charge in [-0.3, -0.25) is 0 Å². The zero-order valence-corrected chi connectivity index (χ0v) is 11.6. The van der Waals surface area contributed by atoms with Gasteiger partial charge in [-0.25, -0.2) is 8.42 Å². The zero-order valence-electron chi connectivity index (χ0n) is 10.8. The Hall–Kier alpha value is -0.0900. The summed E-state index contributed by atoms with van der Waals surface area (Å²) >= 11 is 0. The van der Waals surface area contributed by atoms with E-state index >= 15 is 0 Å². The van der Waals surface area contributed by atoms with Crippen molar-refractivity contribution in [2.24, 2.45) is 11.7 Å². The van der Waals surface area contributed by atoms with Crippen LogP contribution < -0.4 is 5.73 Å². The van der Waals surface area contributed by atoms with Gasteiger partial charge in [0.25, 0.3) is 0 Å². The molecule has 100 valence electrons. The zero-order chi connectivity index (χ0) is 12.5. The minimum absolute atomic E-state index is 0.0887. The van der Waals surface area contributed by atoms with Crippen LogP contribution in [0.5, 0.6) is 0 Å². The van der Waals surface area contributed by atoms with E-state index in [1.165, 1.54) is 0 Å². The second-order valence-electron chi connectivity index (χ2n) is 5.79. The van der Waals surface area contributed by atoms with Gasteiger partial charge in [0.1, 0.15) is 0 Å². The Morgan fingerprint density at radius 1 is 1.12 bits per heavy atom. The van der Waals surface area contributed by atoms with Crippen LogP contribution in [0.15, 0.2) is 0 Å². The van der Waals surface area contributed by atoms with Crippen molar-refractivity contribution >= 4 is 9.84 Å². The van der Waals surface area contributed by atoms with Crippen LogP contribution in [0.25, 0.3) is 0 Å². The number of nitrogens with two attached hydrogens (primary N) is 1. The van der Waals surface area contributed by atoms with Crippen molar-refractivity contribution in [3.8, 4) is 0 Å². The molecule has 2 rings (SSSR count). The molecule has 2 aliphatic carbocycles. The van der Waals surface area contributed by atoms with Gasteiger partial charge in [0, 0.05) is 6.04 Å². The van der Waals surface area contributed by atoms with Gasteiger partial charge >= 0.3 is 0 Å². The van der Waals surface area contributed by atoms with E-state index in [1.54, 1.807) is 0 Å². The van der Waals surface area contributed by atoms with Crippen LogP contribution in [0.4, 0.5) is 0 Å². The predicted octanol–water partition coefficient (Wildman–Crippen LogP) is 2.25. The first-order valence-corrected chi connectivity index (χ1v) is 8.65. The predicted molar refractivity (Wildman–Crippen MR) is 70.6 cm³/mol. The van der Waals surface area contributed by atoms with E-state index in [4.69, 9.17) is 5.73 Å². The highest BCUT2D eigenvalue weighted by atomic mass is 32.2. The van der Waals surface area contributed by atoms with Crippen molar-refractivity contribution in [3.63, 3.8) is 0 Å². The molecular formula is C13H25NO2S. The van der Waals surface area contributed by atoms with Crippen molar-refractivity contribution in [2.45, 2.75) is 74.8 Å². The van der Waals surface area contributed by atoms with Gasteiger partial charge in [-0.05, 0) is 38.0 Å². The summed E-state index contributed by atoms with van der Waals surface area (Å²) in [6, 6.07) is -0.122. The smallest absolute Gasteiger partial charge is 0.157 e. The lowest BCUT2D eigenvalue weighted by atomic mass is 9.84. The summed E-state index contributed by atoms with van der Waals surface area (Å²) < 4.78 is 25.2. The van der Waals surface area contributed by atoms with Crippen molar-refractivity contribution < 1.29 is 8.42 Å². The largest absolute Gasteiger partial charge is 0.327 e. The molecule has 2 fully saturated rings. The normalized spacial score (nSPS) is 36.2. The van der Waals surface area contributed by atoms with E-state index in [0.717, 1.165) is 51.4 Å². The van der Waals surface area contributed by atoms with Crippen molar-refractivity contribution in [1.29, 1.82) is 0 Å². The van der Waals surface area contributed by atoms with Crippen molar-refractivity contribution in [1.82, 2.24) is 0 Å². The highest BCUT2D eigenvalue weighted by Gasteiger charge is 2.41. The second-order valence-corrected chi connectivity index (χ2v) is 8.24. The van der Waals surface area contributed by atoms with E-state index in [-0.39, 0.29) is 16.5 Å². The lowest BCUT2D eigenvalue weighted by molar-refractivity contribution is 0.318. The molecule has 4 heteroatoms. The third kappa shape index (κ3) is 2.68. The molecule has 3 unspecified atom stereocenters. The van der Waals surface area contributed by atoms with E-state index in [2.05, 4.69) is 6.92 Å². The molecule has 2 saturated carbocycles. The maximum atomic E-state index is 12.6. The fourth-order valence-corrected chi connectivity index (χ4v) is 6.10.